The second-order valence-electron chi connectivity index (χ2n) is 11.0. The second-order valence-corrected chi connectivity index (χ2v) is 11.4. The van der Waals surface area contributed by atoms with Crippen LogP contribution >= 0.6 is 11.6 Å². The minimum Gasteiger partial charge on any atom is -0.483 e. The number of nitrogens with one attached hydrogen (secondary N) is 1. The van der Waals surface area contributed by atoms with Crippen LogP contribution in [0.3, 0.4) is 0 Å². The van der Waals surface area contributed by atoms with Crippen LogP contribution in [0.1, 0.15) is 32.3 Å². The summed E-state index contributed by atoms with van der Waals surface area (Å²) in [6, 6.07) is 9.25. The highest BCUT2D eigenvalue weighted by molar-refractivity contribution is 6.29. The minimum absolute atomic E-state index is 0.261. The van der Waals surface area contributed by atoms with Crippen molar-refractivity contribution in [3.05, 3.63) is 59.4 Å². The third kappa shape index (κ3) is 5.26. The van der Waals surface area contributed by atoms with E-state index in [2.05, 4.69) is 25.4 Å². The fourth-order valence-electron chi connectivity index (χ4n) is 5.12. The Morgan fingerprint density at radius 1 is 1.15 bits per heavy atom. The number of carbonyl (C=O) groups excluding carboxylic acids is 1. The van der Waals surface area contributed by atoms with Crippen LogP contribution in [0, 0.1) is 13.8 Å². The first kappa shape index (κ1) is 26.3. The molecule has 0 saturated carbocycles. The van der Waals surface area contributed by atoms with Crippen LogP contribution in [0.4, 0.5) is 16.4 Å². The Bertz CT molecular complexity index is 1580. The van der Waals surface area contributed by atoms with Crippen molar-refractivity contribution >= 4 is 34.8 Å². The Balaban J connectivity index is 1.26. The normalized spacial score (nSPS) is 20.2. The van der Waals surface area contributed by atoms with Gasteiger partial charge in [0, 0.05) is 29.6 Å². The predicted molar refractivity (Wildman–Crippen MR) is 149 cm³/mol. The number of amides is 1. The van der Waals surface area contributed by atoms with Crippen molar-refractivity contribution in [3.63, 3.8) is 0 Å². The predicted octanol–water partition coefficient (Wildman–Crippen LogP) is 4.97. The molecule has 11 nitrogen and oxygen atoms in total. The van der Waals surface area contributed by atoms with Crippen molar-refractivity contribution in [3.8, 4) is 16.9 Å². The molecule has 0 radical (unpaired) electrons. The van der Waals surface area contributed by atoms with Crippen LogP contribution in [-0.2, 0) is 9.47 Å². The SMILES string of the molecule is Cc1cc(Nc2cc3cc(-c4cc(Cl)ncc4O[C@H]4[C@@H]5CN(C(=O)OC(C)(C)C)[C@H]4CO5)ccn3n2)nc(C)n1. The van der Waals surface area contributed by atoms with Crippen molar-refractivity contribution in [1.29, 1.82) is 0 Å². The van der Waals surface area contributed by atoms with Gasteiger partial charge < -0.3 is 19.5 Å². The van der Waals surface area contributed by atoms with Gasteiger partial charge >= 0.3 is 6.09 Å². The number of morpholine rings is 1. The fraction of sp³-hybridized carbons (Fsp3) is 0.393. The Morgan fingerprint density at radius 3 is 2.75 bits per heavy atom. The highest BCUT2D eigenvalue weighted by Crippen LogP contribution is 2.38. The maximum Gasteiger partial charge on any atom is 0.410 e. The molecule has 0 spiro atoms. The molecular weight excluding hydrogens is 534 g/mol. The van der Waals surface area contributed by atoms with Crippen LogP contribution in [0.15, 0.2) is 42.7 Å². The number of likely N-dealkylation sites (tertiary alicyclic amines) is 1. The Hall–Kier alpha value is -3.96. The number of hydrogen-bond donors (Lipinski definition) is 1. The molecule has 4 aromatic rings. The summed E-state index contributed by atoms with van der Waals surface area (Å²) in [6.07, 6.45) is 2.50. The number of ether oxygens (including phenoxy) is 3. The molecule has 2 aliphatic heterocycles. The smallest absolute Gasteiger partial charge is 0.410 e. The van der Waals surface area contributed by atoms with E-state index in [9.17, 15) is 4.79 Å². The molecule has 2 saturated heterocycles. The van der Waals surface area contributed by atoms with Crippen LogP contribution in [0.5, 0.6) is 5.75 Å². The van der Waals surface area contributed by atoms with Gasteiger partial charge in [-0.1, -0.05) is 11.6 Å². The lowest BCUT2D eigenvalue weighted by atomic mass is 10.1. The molecule has 0 aromatic carbocycles. The molecule has 0 aliphatic carbocycles. The van der Waals surface area contributed by atoms with Gasteiger partial charge in [-0.25, -0.2) is 24.3 Å². The summed E-state index contributed by atoms with van der Waals surface area (Å²) in [5, 5.41) is 8.21. The zero-order valence-electron chi connectivity index (χ0n) is 22.9. The molecule has 2 bridgehead atoms. The summed E-state index contributed by atoms with van der Waals surface area (Å²) in [6.45, 7) is 10.1. The van der Waals surface area contributed by atoms with Crippen molar-refractivity contribution in [2.24, 2.45) is 0 Å². The third-order valence-corrected chi connectivity index (χ3v) is 6.93. The molecule has 208 valence electrons. The zero-order chi connectivity index (χ0) is 28.2. The van der Waals surface area contributed by atoms with Crippen molar-refractivity contribution < 1.29 is 19.0 Å². The standard InChI is InChI=1S/C28H30ClN7O4/c1-15-8-24(32-16(2)31-15)33-25-10-18-9-17(6-7-36(18)34-25)19-11-23(29)30-12-21(19)39-26-20-14-38-22(26)13-35(20)27(37)40-28(3,4)5/h6-12,20,22,26H,13-14H2,1-5H3,(H,31,32,33,34)/t20-,22-,26+/m0/s1. The Kier molecular flexibility index (Phi) is 6.50. The van der Waals surface area contributed by atoms with Crippen molar-refractivity contribution in [2.45, 2.75) is 58.5 Å². The van der Waals surface area contributed by atoms with Gasteiger partial charge in [0.15, 0.2) is 5.82 Å². The van der Waals surface area contributed by atoms with E-state index in [-0.39, 0.29) is 24.3 Å². The molecule has 1 N–H and O–H groups in total. The van der Waals surface area contributed by atoms with Gasteiger partial charge in [0.1, 0.15) is 40.4 Å². The van der Waals surface area contributed by atoms with Crippen molar-refractivity contribution in [2.75, 3.05) is 18.5 Å². The van der Waals surface area contributed by atoms with E-state index < -0.39 is 5.60 Å². The first-order valence-corrected chi connectivity index (χ1v) is 13.4. The first-order valence-electron chi connectivity index (χ1n) is 13.0. The number of aromatic nitrogens is 5. The largest absolute Gasteiger partial charge is 0.483 e. The summed E-state index contributed by atoms with van der Waals surface area (Å²) in [7, 11) is 0. The number of carbonyl (C=O) groups is 1. The average molecular weight is 564 g/mol. The Morgan fingerprint density at radius 2 is 1.98 bits per heavy atom. The number of nitrogens with zero attached hydrogens (tertiary/aromatic N) is 6. The average Bonchev–Trinajstić information content (AvgIpc) is 3.55. The molecule has 40 heavy (non-hydrogen) atoms. The van der Waals surface area contributed by atoms with Gasteiger partial charge in [-0.2, -0.15) is 5.10 Å². The van der Waals surface area contributed by atoms with Crippen LogP contribution < -0.4 is 10.1 Å². The van der Waals surface area contributed by atoms with Crippen LogP contribution in [0.25, 0.3) is 16.6 Å². The van der Waals surface area contributed by atoms with Gasteiger partial charge in [0.25, 0.3) is 0 Å². The summed E-state index contributed by atoms with van der Waals surface area (Å²) < 4.78 is 19.8. The van der Waals surface area contributed by atoms with Gasteiger partial charge in [-0.05, 0) is 58.4 Å². The van der Waals surface area contributed by atoms with E-state index in [4.69, 9.17) is 25.8 Å². The van der Waals surface area contributed by atoms with Gasteiger partial charge in [-0.3, -0.25) is 4.90 Å². The molecule has 2 fully saturated rings. The number of aryl methyl sites for hydroxylation is 2. The minimum atomic E-state index is -0.586. The number of pyridine rings is 2. The summed E-state index contributed by atoms with van der Waals surface area (Å²) in [5.74, 6) is 2.57. The molecule has 2 aliphatic rings. The molecule has 0 unspecified atom stereocenters. The van der Waals surface area contributed by atoms with E-state index in [1.165, 1.54) is 0 Å². The third-order valence-electron chi connectivity index (χ3n) is 6.73. The molecule has 4 aromatic heterocycles. The lowest BCUT2D eigenvalue weighted by Gasteiger charge is -2.29. The maximum absolute atomic E-state index is 12.8. The molecule has 6 heterocycles. The van der Waals surface area contributed by atoms with Crippen LogP contribution in [0.2, 0.25) is 5.15 Å². The monoisotopic (exact) mass is 563 g/mol. The quantitative estimate of drug-likeness (QED) is 0.336. The number of rotatable bonds is 5. The molecule has 6 rings (SSSR count). The molecule has 3 atom stereocenters. The Labute approximate surface area is 236 Å². The lowest BCUT2D eigenvalue weighted by molar-refractivity contribution is -0.00913. The first-order chi connectivity index (χ1) is 19.0. The van der Waals surface area contributed by atoms with E-state index >= 15 is 0 Å². The summed E-state index contributed by atoms with van der Waals surface area (Å²) >= 11 is 6.32. The highest BCUT2D eigenvalue weighted by atomic mass is 35.5. The van der Waals surface area contributed by atoms with Gasteiger partial charge in [0.05, 0.1) is 30.9 Å². The second kappa shape index (κ2) is 9.90. The topological polar surface area (TPSA) is 116 Å². The molecular formula is C28H30ClN7O4. The van der Waals surface area contributed by atoms with E-state index in [0.717, 1.165) is 22.3 Å². The summed E-state index contributed by atoms with van der Waals surface area (Å²) in [5.41, 5.74) is 2.80. The zero-order valence-corrected chi connectivity index (χ0v) is 23.6. The van der Waals surface area contributed by atoms with E-state index in [0.29, 0.717) is 41.5 Å². The highest BCUT2D eigenvalue weighted by Gasteiger charge is 2.53. The number of hydrogen-bond acceptors (Lipinski definition) is 9. The molecule has 1 amide bonds. The lowest BCUT2D eigenvalue weighted by Crippen LogP contribution is -2.45. The number of anilines is 2. The van der Waals surface area contributed by atoms with Gasteiger partial charge in [0.2, 0.25) is 0 Å². The maximum atomic E-state index is 12.8. The van der Waals surface area contributed by atoms with E-state index in [1.807, 2.05) is 65.1 Å². The number of halogens is 1. The molecule has 12 heteroatoms. The fourth-order valence-corrected chi connectivity index (χ4v) is 5.27. The van der Waals surface area contributed by atoms with Gasteiger partial charge in [-0.15, -0.1) is 0 Å². The van der Waals surface area contributed by atoms with Crippen molar-refractivity contribution in [1.82, 2.24) is 29.5 Å². The van der Waals surface area contributed by atoms with E-state index in [1.54, 1.807) is 21.7 Å². The van der Waals surface area contributed by atoms with Crippen LogP contribution in [-0.4, -0.2) is 72.6 Å². The summed E-state index contributed by atoms with van der Waals surface area (Å²) in [4.78, 5) is 27.5. The number of fused-ring (bicyclic) bond motifs is 3.